The van der Waals surface area contributed by atoms with E-state index in [1.54, 1.807) is 0 Å². The molecule has 0 bridgehead atoms. The Morgan fingerprint density at radius 2 is 1.82 bits per heavy atom. The standard InChI is InChI=1S/C14H23N3/c1-4-17(14-9-15-10-14)11-12-5-7-13(8-6-12)16(2)3/h5-8,14-15H,4,9-11H2,1-3H3. The van der Waals surface area contributed by atoms with Crippen molar-refractivity contribution in [2.24, 2.45) is 0 Å². The lowest BCUT2D eigenvalue weighted by molar-refractivity contribution is 0.145. The molecule has 17 heavy (non-hydrogen) atoms. The number of nitrogens with zero attached hydrogens (tertiary/aromatic N) is 2. The molecule has 1 N–H and O–H groups in total. The number of likely N-dealkylation sites (N-methyl/N-ethyl adjacent to an activating group) is 1. The van der Waals surface area contributed by atoms with Crippen LogP contribution in [0.25, 0.3) is 0 Å². The largest absolute Gasteiger partial charge is 0.378 e. The maximum absolute atomic E-state index is 3.34. The highest BCUT2D eigenvalue weighted by Gasteiger charge is 2.22. The van der Waals surface area contributed by atoms with E-state index in [4.69, 9.17) is 0 Å². The lowest BCUT2D eigenvalue weighted by atomic mass is 10.1. The molecule has 3 nitrogen and oxygen atoms in total. The van der Waals surface area contributed by atoms with Gasteiger partial charge in [-0.15, -0.1) is 0 Å². The van der Waals surface area contributed by atoms with Gasteiger partial charge in [0.1, 0.15) is 0 Å². The van der Waals surface area contributed by atoms with E-state index in [0.29, 0.717) is 0 Å². The Balaban J connectivity index is 1.97. The molecule has 1 saturated heterocycles. The fourth-order valence-electron chi connectivity index (χ4n) is 2.16. The molecular weight excluding hydrogens is 210 g/mol. The highest BCUT2D eigenvalue weighted by molar-refractivity contribution is 5.45. The van der Waals surface area contributed by atoms with Crippen molar-refractivity contribution in [3.05, 3.63) is 29.8 Å². The Morgan fingerprint density at radius 3 is 2.24 bits per heavy atom. The second kappa shape index (κ2) is 5.52. The number of rotatable bonds is 5. The molecule has 2 rings (SSSR count). The molecule has 1 aromatic rings. The van der Waals surface area contributed by atoms with Gasteiger partial charge in [-0.25, -0.2) is 0 Å². The van der Waals surface area contributed by atoms with Crippen LogP contribution in [-0.4, -0.2) is 44.7 Å². The van der Waals surface area contributed by atoms with Crippen molar-refractivity contribution in [3.8, 4) is 0 Å². The molecule has 1 heterocycles. The van der Waals surface area contributed by atoms with Gasteiger partial charge < -0.3 is 10.2 Å². The van der Waals surface area contributed by atoms with E-state index in [1.165, 1.54) is 11.3 Å². The van der Waals surface area contributed by atoms with Crippen molar-refractivity contribution >= 4 is 5.69 Å². The summed E-state index contributed by atoms with van der Waals surface area (Å²) in [6, 6.07) is 9.60. The number of benzene rings is 1. The van der Waals surface area contributed by atoms with Crippen molar-refractivity contribution in [2.45, 2.75) is 19.5 Å². The van der Waals surface area contributed by atoms with Crippen LogP contribution in [0.4, 0.5) is 5.69 Å². The topological polar surface area (TPSA) is 18.5 Å². The first-order valence-electron chi connectivity index (χ1n) is 6.41. The van der Waals surface area contributed by atoms with E-state index in [0.717, 1.165) is 32.2 Å². The number of hydrogen-bond donors (Lipinski definition) is 1. The zero-order valence-corrected chi connectivity index (χ0v) is 11.1. The van der Waals surface area contributed by atoms with Gasteiger partial charge in [0, 0.05) is 45.5 Å². The van der Waals surface area contributed by atoms with Gasteiger partial charge in [0.05, 0.1) is 0 Å². The molecule has 94 valence electrons. The molecule has 1 aromatic carbocycles. The summed E-state index contributed by atoms with van der Waals surface area (Å²) in [5.74, 6) is 0. The van der Waals surface area contributed by atoms with E-state index in [9.17, 15) is 0 Å². The molecule has 0 aliphatic carbocycles. The quantitative estimate of drug-likeness (QED) is 0.832. The predicted octanol–water partition coefficient (Wildman–Crippen LogP) is 1.55. The molecule has 0 aromatic heterocycles. The SMILES string of the molecule is CCN(Cc1ccc(N(C)C)cc1)C1CNC1. The lowest BCUT2D eigenvalue weighted by Crippen LogP contribution is -2.56. The third-order valence-electron chi connectivity index (χ3n) is 3.52. The second-order valence-electron chi connectivity index (χ2n) is 4.94. The molecule has 0 amide bonds. The maximum atomic E-state index is 3.34. The van der Waals surface area contributed by atoms with Crippen molar-refractivity contribution in [3.63, 3.8) is 0 Å². The van der Waals surface area contributed by atoms with E-state index in [1.807, 2.05) is 0 Å². The minimum Gasteiger partial charge on any atom is -0.378 e. The number of anilines is 1. The van der Waals surface area contributed by atoms with Crippen LogP contribution >= 0.6 is 0 Å². The minimum atomic E-state index is 0.730. The molecule has 1 aliphatic rings. The van der Waals surface area contributed by atoms with Crippen LogP contribution in [-0.2, 0) is 6.54 Å². The van der Waals surface area contributed by atoms with E-state index in [-0.39, 0.29) is 0 Å². The van der Waals surface area contributed by atoms with Crippen LogP contribution in [0.3, 0.4) is 0 Å². The average Bonchev–Trinajstić information content (AvgIpc) is 2.26. The molecular formula is C14H23N3. The Bertz CT molecular complexity index is 341. The normalized spacial score (nSPS) is 16.0. The van der Waals surface area contributed by atoms with E-state index in [2.05, 4.69) is 60.4 Å². The first-order valence-corrected chi connectivity index (χ1v) is 6.41. The first-order chi connectivity index (χ1) is 8.20. The molecule has 0 atom stereocenters. The minimum absolute atomic E-state index is 0.730. The summed E-state index contributed by atoms with van der Waals surface area (Å²) in [6.07, 6.45) is 0. The Kier molecular flexibility index (Phi) is 4.02. The van der Waals surface area contributed by atoms with Gasteiger partial charge in [0.15, 0.2) is 0 Å². The van der Waals surface area contributed by atoms with Crippen LogP contribution in [0.2, 0.25) is 0 Å². The fourth-order valence-corrected chi connectivity index (χ4v) is 2.16. The van der Waals surface area contributed by atoms with Crippen LogP contribution in [0, 0.1) is 0 Å². The molecule has 1 aliphatic heterocycles. The highest BCUT2D eigenvalue weighted by Crippen LogP contribution is 2.15. The van der Waals surface area contributed by atoms with E-state index < -0.39 is 0 Å². The van der Waals surface area contributed by atoms with Crippen LogP contribution in [0.1, 0.15) is 12.5 Å². The van der Waals surface area contributed by atoms with Crippen LogP contribution in [0.5, 0.6) is 0 Å². The van der Waals surface area contributed by atoms with Gasteiger partial charge in [0.2, 0.25) is 0 Å². The summed E-state index contributed by atoms with van der Waals surface area (Å²) in [5.41, 5.74) is 2.67. The first kappa shape index (κ1) is 12.4. The third kappa shape index (κ3) is 2.99. The Morgan fingerprint density at radius 1 is 1.18 bits per heavy atom. The summed E-state index contributed by atoms with van der Waals surface area (Å²) < 4.78 is 0. The van der Waals surface area contributed by atoms with Crippen molar-refractivity contribution in [1.29, 1.82) is 0 Å². The molecule has 1 fully saturated rings. The zero-order valence-electron chi connectivity index (χ0n) is 11.1. The number of nitrogens with one attached hydrogen (secondary N) is 1. The van der Waals surface area contributed by atoms with Gasteiger partial charge in [-0.05, 0) is 24.2 Å². The average molecular weight is 233 g/mol. The molecule has 0 saturated carbocycles. The third-order valence-corrected chi connectivity index (χ3v) is 3.52. The lowest BCUT2D eigenvalue weighted by Gasteiger charge is -2.37. The maximum Gasteiger partial charge on any atom is 0.0361 e. The summed E-state index contributed by atoms with van der Waals surface area (Å²) in [5, 5.41) is 3.34. The molecule has 0 radical (unpaired) electrons. The van der Waals surface area contributed by atoms with Gasteiger partial charge in [-0.3, -0.25) is 4.90 Å². The van der Waals surface area contributed by atoms with Gasteiger partial charge in [-0.1, -0.05) is 19.1 Å². The van der Waals surface area contributed by atoms with Gasteiger partial charge in [0.25, 0.3) is 0 Å². The monoisotopic (exact) mass is 233 g/mol. The number of hydrogen-bond acceptors (Lipinski definition) is 3. The summed E-state index contributed by atoms with van der Waals surface area (Å²) in [4.78, 5) is 4.68. The van der Waals surface area contributed by atoms with E-state index >= 15 is 0 Å². The Labute approximate surface area is 104 Å². The molecule has 3 heteroatoms. The van der Waals surface area contributed by atoms with Crippen molar-refractivity contribution in [1.82, 2.24) is 10.2 Å². The Hall–Kier alpha value is -1.06. The molecule has 0 spiro atoms. The summed E-state index contributed by atoms with van der Waals surface area (Å²) in [7, 11) is 4.15. The zero-order chi connectivity index (χ0) is 12.3. The van der Waals surface area contributed by atoms with Crippen LogP contribution in [0.15, 0.2) is 24.3 Å². The second-order valence-corrected chi connectivity index (χ2v) is 4.94. The van der Waals surface area contributed by atoms with Crippen LogP contribution < -0.4 is 10.2 Å². The predicted molar refractivity (Wildman–Crippen MR) is 73.5 cm³/mol. The smallest absolute Gasteiger partial charge is 0.0361 e. The van der Waals surface area contributed by atoms with Crippen molar-refractivity contribution < 1.29 is 0 Å². The van der Waals surface area contributed by atoms with Gasteiger partial charge >= 0.3 is 0 Å². The summed E-state index contributed by atoms with van der Waals surface area (Å²) >= 11 is 0. The highest BCUT2D eigenvalue weighted by atomic mass is 15.2. The van der Waals surface area contributed by atoms with Gasteiger partial charge in [-0.2, -0.15) is 0 Å². The van der Waals surface area contributed by atoms with Crippen molar-refractivity contribution in [2.75, 3.05) is 38.6 Å². The molecule has 0 unspecified atom stereocenters. The summed E-state index contributed by atoms with van der Waals surface area (Å²) in [6.45, 7) is 6.72. The fraction of sp³-hybridized carbons (Fsp3) is 0.571.